The van der Waals surface area contributed by atoms with Crippen LogP contribution in [0.25, 0.3) is 0 Å². The predicted molar refractivity (Wildman–Crippen MR) is 57.2 cm³/mol. The van der Waals surface area contributed by atoms with E-state index in [9.17, 15) is 0 Å². The van der Waals surface area contributed by atoms with Crippen molar-refractivity contribution in [3.05, 3.63) is 5.82 Å². The largest absolute Gasteiger partial charge is 0.311 e. The third-order valence-corrected chi connectivity index (χ3v) is 3.35. The van der Waals surface area contributed by atoms with Crippen LogP contribution < -0.4 is 5.32 Å². The monoisotopic (exact) mass is 209 g/mol. The summed E-state index contributed by atoms with van der Waals surface area (Å²) in [7, 11) is 1.93. The van der Waals surface area contributed by atoms with Gasteiger partial charge in [-0.25, -0.2) is 4.68 Å². The van der Waals surface area contributed by atoms with E-state index in [0.717, 1.165) is 18.3 Å². The van der Waals surface area contributed by atoms with Gasteiger partial charge < -0.3 is 5.32 Å². The molecule has 0 bridgehead atoms. The van der Waals surface area contributed by atoms with Gasteiger partial charge in [0.05, 0.1) is 6.04 Å². The summed E-state index contributed by atoms with van der Waals surface area (Å²) in [5, 5.41) is 15.0. The standard InChI is InChI=1S/C10H19N5/c1-8(11-2)10-12-13-14-15(10)7-6-9-4-3-5-9/h8-9,11H,3-7H2,1-2H3. The average Bonchev–Trinajstić information content (AvgIpc) is 2.62. The molecule has 1 atom stereocenters. The summed E-state index contributed by atoms with van der Waals surface area (Å²) >= 11 is 0. The van der Waals surface area contributed by atoms with Crippen molar-refractivity contribution in [2.24, 2.45) is 5.92 Å². The SMILES string of the molecule is CNC(C)c1nnnn1CCC1CCC1. The first kappa shape index (κ1) is 10.5. The van der Waals surface area contributed by atoms with Crippen LogP contribution in [0.5, 0.6) is 0 Å². The second-order valence-corrected chi connectivity index (χ2v) is 4.36. The minimum atomic E-state index is 0.224. The van der Waals surface area contributed by atoms with Crippen LogP contribution in [0.15, 0.2) is 0 Å². The van der Waals surface area contributed by atoms with Gasteiger partial charge in [0.2, 0.25) is 0 Å². The fourth-order valence-corrected chi connectivity index (χ4v) is 1.90. The molecule has 0 amide bonds. The van der Waals surface area contributed by atoms with Crippen molar-refractivity contribution in [2.45, 2.75) is 45.2 Å². The van der Waals surface area contributed by atoms with E-state index in [1.165, 1.54) is 25.7 Å². The highest BCUT2D eigenvalue weighted by Crippen LogP contribution is 2.29. The number of nitrogens with zero attached hydrogens (tertiary/aromatic N) is 4. The van der Waals surface area contributed by atoms with Gasteiger partial charge in [-0.3, -0.25) is 0 Å². The Bertz CT molecular complexity index is 305. The first-order valence-electron chi connectivity index (χ1n) is 5.74. The number of tetrazole rings is 1. The lowest BCUT2D eigenvalue weighted by atomic mass is 9.83. The lowest BCUT2D eigenvalue weighted by molar-refractivity contribution is 0.274. The quantitative estimate of drug-likeness (QED) is 0.790. The highest BCUT2D eigenvalue weighted by Gasteiger charge is 2.19. The third kappa shape index (κ3) is 2.34. The van der Waals surface area contributed by atoms with Crippen LogP contribution in [0.1, 0.15) is 44.5 Å². The number of rotatable bonds is 5. The third-order valence-electron chi connectivity index (χ3n) is 3.35. The molecule has 1 saturated carbocycles. The van der Waals surface area contributed by atoms with Crippen LogP contribution >= 0.6 is 0 Å². The molecule has 1 aliphatic rings. The van der Waals surface area contributed by atoms with Crippen LogP contribution in [0, 0.1) is 5.92 Å². The van der Waals surface area contributed by atoms with Gasteiger partial charge in [0.25, 0.3) is 0 Å². The van der Waals surface area contributed by atoms with E-state index in [4.69, 9.17) is 0 Å². The van der Waals surface area contributed by atoms with Crippen LogP contribution in [0.4, 0.5) is 0 Å². The molecular formula is C10H19N5. The average molecular weight is 209 g/mol. The van der Waals surface area contributed by atoms with E-state index >= 15 is 0 Å². The Labute approximate surface area is 90.2 Å². The Morgan fingerprint density at radius 2 is 2.33 bits per heavy atom. The van der Waals surface area contributed by atoms with Gasteiger partial charge in [0.15, 0.2) is 5.82 Å². The fraction of sp³-hybridized carbons (Fsp3) is 0.900. The van der Waals surface area contributed by atoms with E-state index in [2.05, 4.69) is 27.8 Å². The van der Waals surface area contributed by atoms with Crippen molar-refractivity contribution >= 4 is 0 Å². The molecule has 0 saturated heterocycles. The zero-order valence-corrected chi connectivity index (χ0v) is 9.48. The van der Waals surface area contributed by atoms with E-state index < -0.39 is 0 Å². The minimum absolute atomic E-state index is 0.224. The molecule has 1 heterocycles. The zero-order chi connectivity index (χ0) is 10.7. The lowest BCUT2D eigenvalue weighted by Gasteiger charge is -2.25. The normalized spacial score (nSPS) is 18.8. The molecule has 5 nitrogen and oxygen atoms in total. The predicted octanol–water partition coefficient (Wildman–Crippen LogP) is 1.14. The lowest BCUT2D eigenvalue weighted by Crippen LogP contribution is -2.20. The van der Waals surface area contributed by atoms with Crippen molar-refractivity contribution in [2.75, 3.05) is 7.05 Å². The van der Waals surface area contributed by atoms with Gasteiger partial charge >= 0.3 is 0 Å². The summed E-state index contributed by atoms with van der Waals surface area (Å²) in [5.41, 5.74) is 0. The summed E-state index contributed by atoms with van der Waals surface area (Å²) in [6, 6.07) is 0.224. The Morgan fingerprint density at radius 1 is 1.53 bits per heavy atom. The number of aromatic nitrogens is 4. The number of aryl methyl sites for hydroxylation is 1. The van der Waals surface area contributed by atoms with Crippen molar-refractivity contribution in [3.63, 3.8) is 0 Å². The highest BCUT2D eigenvalue weighted by molar-refractivity contribution is 4.88. The molecule has 0 aliphatic heterocycles. The molecule has 1 N–H and O–H groups in total. The fourth-order valence-electron chi connectivity index (χ4n) is 1.90. The molecule has 5 heteroatoms. The Morgan fingerprint density at radius 3 is 2.93 bits per heavy atom. The Kier molecular flexibility index (Phi) is 3.30. The van der Waals surface area contributed by atoms with Crippen LogP contribution in [0.2, 0.25) is 0 Å². The first-order valence-corrected chi connectivity index (χ1v) is 5.74. The molecule has 0 radical (unpaired) electrons. The zero-order valence-electron chi connectivity index (χ0n) is 9.48. The molecule has 1 unspecified atom stereocenters. The summed E-state index contributed by atoms with van der Waals surface area (Å²) in [5.74, 6) is 1.85. The summed E-state index contributed by atoms with van der Waals surface area (Å²) in [6.45, 7) is 3.03. The molecule has 1 aliphatic carbocycles. The van der Waals surface area contributed by atoms with Gasteiger partial charge in [-0.15, -0.1) is 5.10 Å². The maximum Gasteiger partial charge on any atom is 0.167 e. The smallest absolute Gasteiger partial charge is 0.167 e. The van der Waals surface area contributed by atoms with Crippen LogP contribution in [-0.4, -0.2) is 27.3 Å². The topological polar surface area (TPSA) is 55.6 Å². The van der Waals surface area contributed by atoms with Crippen molar-refractivity contribution in [1.29, 1.82) is 0 Å². The van der Waals surface area contributed by atoms with Gasteiger partial charge in [0.1, 0.15) is 0 Å². The molecule has 1 aromatic heterocycles. The molecule has 1 aromatic rings. The minimum Gasteiger partial charge on any atom is -0.311 e. The van der Waals surface area contributed by atoms with E-state index in [-0.39, 0.29) is 6.04 Å². The number of hydrogen-bond acceptors (Lipinski definition) is 4. The van der Waals surface area contributed by atoms with Crippen molar-refractivity contribution < 1.29 is 0 Å². The highest BCUT2D eigenvalue weighted by atomic mass is 15.5. The first-order chi connectivity index (χ1) is 7.31. The molecule has 1 fully saturated rings. The number of hydrogen-bond donors (Lipinski definition) is 1. The van der Waals surface area contributed by atoms with Crippen molar-refractivity contribution in [3.8, 4) is 0 Å². The van der Waals surface area contributed by atoms with E-state index in [1.807, 2.05) is 11.7 Å². The van der Waals surface area contributed by atoms with Gasteiger partial charge in [-0.05, 0) is 36.7 Å². The van der Waals surface area contributed by atoms with Crippen molar-refractivity contribution in [1.82, 2.24) is 25.5 Å². The van der Waals surface area contributed by atoms with Crippen LogP contribution in [-0.2, 0) is 6.54 Å². The van der Waals surface area contributed by atoms with Gasteiger partial charge in [-0.2, -0.15) is 0 Å². The molecule has 84 valence electrons. The Balaban J connectivity index is 1.91. The van der Waals surface area contributed by atoms with E-state index in [1.54, 1.807) is 0 Å². The second kappa shape index (κ2) is 4.70. The maximum atomic E-state index is 4.05. The molecule has 0 spiro atoms. The molecule has 2 rings (SSSR count). The summed E-state index contributed by atoms with van der Waals surface area (Å²) in [4.78, 5) is 0. The molecule has 0 aromatic carbocycles. The number of nitrogens with one attached hydrogen (secondary N) is 1. The van der Waals surface area contributed by atoms with Gasteiger partial charge in [0, 0.05) is 6.54 Å². The van der Waals surface area contributed by atoms with E-state index in [0.29, 0.717) is 0 Å². The Hall–Kier alpha value is -0.970. The summed E-state index contributed by atoms with van der Waals surface area (Å²) < 4.78 is 1.93. The molecular weight excluding hydrogens is 190 g/mol. The van der Waals surface area contributed by atoms with Gasteiger partial charge in [-0.1, -0.05) is 19.3 Å². The summed E-state index contributed by atoms with van der Waals surface area (Å²) in [6.07, 6.45) is 5.40. The van der Waals surface area contributed by atoms with Crippen LogP contribution in [0.3, 0.4) is 0 Å². The second-order valence-electron chi connectivity index (χ2n) is 4.36. The molecule has 15 heavy (non-hydrogen) atoms. The maximum absolute atomic E-state index is 4.05.